The number of anilines is 1. The fourth-order valence-electron chi connectivity index (χ4n) is 2.13. The number of nitrogens with zero attached hydrogens (tertiary/aromatic N) is 4. The molecule has 4 nitrogen and oxygen atoms in total. The molecule has 1 unspecified atom stereocenters. The van der Waals surface area contributed by atoms with E-state index in [2.05, 4.69) is 58.1 Å². The van der Waals surface area contributed by atoms with Crippen molar-refractivity contribution in [1.29, 1.82) is 0 Å². The van der Waals surface area contributed by atoms with E-state index >= 15 is 0 Å². The minimum absolute atomic E-state index is 0.274. The summed E-state index contributed by atoms with van der Waals surface area (Å²) in [5.41, 5.74) is 1.28. The van der Waals surface area contributed by atoms with Gasteiger partial charge in [0, 0.05) is 19.8 Å². The molecule has 0 aliphatic heterocycles. The van der Waals surface area contributed by atoms with Gasteiger partial charge in [-0.3, -0.25) is 0 Å². The Morgan fingerprint density at radius 3 is 2.40 bits per heavy atom. The Kier molecular flexibility index (Phi) is 4.93. The van der Waals surface area contributed by atoms with E-state index in [1.165, 1.54) is 5.56 Å². The quantitative estimate of drug-likeness (QED) is 0.793. The monoisotopic (exact) mass is 290 g/mol. The molecule has 0 aliphatic rings. The molecular formula is C15H19ClN4. The fourth-order valence-corrected chi connectivity index (χ4v) is 2.28. The van der Waals surface area contributed by atoms with E-state index in [9.17, 15) is 0 Å². The van der Waals surface area contributed by atoms with Crippen LogP contribution in [0.15, 0.2) is 42.6 Å². The van der Waals surface area contributed by atoms with Gasteiger partial charge in [-0.2, -0.15) is 0 Å². The minimum Gasteiger partial charge on any atom is -0.358 e. The van der Waals surface area contributed by atoms with E-state index in [0.29, 0.717) is 0 Å². The van der Waals surface area contributed by atoms with Gasteiger partial charge in [-0.1, -0.05) is 30.3 Å². The Balaban J connectivity index is 2.17. The second-order valence-corrected chi connectivity index (χ2v) is 5.29. The number of hydrogen-bond donors (Lipinski definition) is 0. The first-order valence-corrected chi connectivity index (χ1v) is 6.87. The predicted octanol–water partition coefficient (Wildman–Crippen LogP) is 2.87. The van der Waals surface area contributed by atoms with Gasteiger partial charge < -0.3 is 9.80 Å². The van der Waals surface area contributed by atoms with E-state index in [1.807, 2.05) is 19.2 Å². The van der Waals surface area contributed by atoms with Crippen molar-refractivity contribution < 1.29 is 0 Å². The molecular weight excluding hydrogens is 272 g/mol. The maximum Gasteiger partial charge on any atom is 0.224 e. The molecule has 2 rings (SSSR count). The van der Waals surface area contributed by atoms with Crippen LogP contribution in [0.1, 0.15) is 11.6 Å². The van der Waals surface area contributed by atoms with Gasteiger partial charge in [0.15, 0.2) is 0 Å². The molecule has 2 aromatic rings. The maximum atomic E-state index is 5.85. The summed E-state index contributed by atoms with van der Waals surface area (Å²) in [6.45, 7) is 0.824. The van der Waals surface area contributed by atoms with Gasteiger partial charge in [0.25, 0.3) is 0 Å². The highest BCUT2D eigenvalue weighted by atomic mass is 35.5. The van der Waals surface area contributed by atoms with Crippen LogP contribution in [0.5, 0.6) is 0 Å². The Morgan fingerprint density at radius 1 is 1.10 bits per heavy atom. The molecule has 106 valence electrons. The molecule has 0 saturated heterocycles. The van der Waals surface area contributed by atoms with Gasteiger partial charge in [-0.05, 0) is 37.3 Å². The highest BCUT2D eigenvalue weighted by Gasteiger charge is 2.17. The third kappa shape index (κ3) is 3.68. The number of aromatic nitrogens is 2. The van der Waals surface area contributed by atoms with Crippen LogP contribution in [0, 0.1) is 0 Å². The maximum absolute atomic E-state index is 5.85. The summed E-state index contributed by atoms with van der Waals surface area (Å²) in [6.07, 6.45) is 1.67. The Labute approximate surface area is 125 Å². The first kappa shape index (κ1) is 14.8. The van der Waals surface area contributed by atoms with Crippen LogP contribution in [0.25, 0.3) is 0 Å². The van der Waals surface area contributed by atoms with Crippen LogP contribution in [0.2, 0.25) is 5.28 Å². The van der Waals surface area contributed by atoms with E-state index in [4.69, 9.17) is 11.6 Å². The molecule has 0 radical (unpaired) electrons. The van der Waals surface area contributed by atoms with Gasteiger partial charge in [0.2, 0.25) is 5.28 Å². The smallest absolute Gasteiger partial charge is 0.224 e. The summed E-state index contributed by atoms with van der Waals surface area (Å²) in [7, 11) is 6.18. The summed E-state index contributed by atoms with van der Waals surface area (Å²) in [5, 5.41) is 0.274. The predicted molar refractivity (Wildman–Crippen MR) is 83.2 cm³/mol. The first-order chi connectivity index (χ1) is 9.58. The largest absolute Gasteiger partial charge is 0.358 e. The number of benzene rings is 1. The molecule has 0 amide bonds. The molecule has 1 atom stereocenters. The molecule has 0 fully saturated rings. The van der Waals surface area contributed by atoms with Crippen molar-refractivity contribution >= 4 is 17.4 Å². The van der Waals surface area contributed by atoms with E-state index in [0.717, 1.165) is 12.4 Å². The summed E-state index contributed by atoms with van der Waals surface area (Å²) >= 11 is 5.85. The molecule has 5 heteroatoms. The van der Waals surface area contributed by atoms with Crippen LogP contribution in [-0.4, -0.2) is 42.6 Å². The Morgan fingerprint density at radius 2 is 1.80 bits per heavy atom. The Hall–Kier alpha value is -1.65. The first-order valence-electron chi connectivity index (χ1n) is 6.49. The third-order valence-corrected chi connectivity index (χ3v) is 3.44. The van der Waals surface area contributed by atoms with Crippen molar-refractivity contribution in [3.8, 4) is 0 Å². The molecule has 1 aromatic carbocycles. The molecule has 20 heavy (non-hydrogen) atoms. The van der Waals surface area contributed by atoms with E-state index in [1.54, 1.807) is 6.20 Å². The van der Waals surface area contributed by atoms with Crippen molar-refractivity contribution in [1.82, 2.24) is 14.9 Å². The lowest BCUT2D eigenvalue weighted by molar-refractivity contribution is 0.303. The SMILES string of the molecule is CN(CC(c1ccccc1)N(C)C)c1ccnc(Cl)n1. The van der Waals surface area contributed by atoms with E-state index in [-0.39, 0.29) is 11.3 Å². The zero-order valence-corrected chi connectivity index (χ0v) is 12.7. The number of hydrogen-bond acceptors (Lipinski definition) is 4. The molecule has 1 heterocycles. The van der Waals surface area contributed by atoms with Crippen LogP contribution in [-0.2, 0) is 0 Å². The van der Waals surface area contributed by atoms with Crippen LogP contribution in [0.4, 0.5) is 5.82 Å². The number of halogens is 1. The van der Waals surface area contributed by atoms with Crippen molar-refractivity contribution in [2.75, 3.05) is 32.6 Å². The molecule has 0 N–H and O–H groups in total. The highest BCUT2D eigenvalue weighted by molar-refractivity contribution is 6.28. The number of rotatable bonds is 5. The molecule has 0 spiro atoms. The summed E-state index contributed by atoms with van der Waals surface area (Å²) in [4.78, 5) is 12.4. The van der Waals surface area contributed by atoms with Crippen molar-refractivity contribution in [3.63, 3.8) is 0 Å². The second kappa shape index (κ2) is 6.68. The van der Waals surface area contributed by atoms with Gasteiger partial charge in [-0.15, -0.1) is 0 Å². The zero-order chi connectivity index (χ0) is 14.5. The standard InChI is InChI=1S/C15H19ClN4/c1-19(2)13(12-7-5-4-6-8-12)11-20(3)14-9-10-17-15(16)18-14/h4-10,13H,11H2,1-3H3. The number of likely N-dealkylation sites (N-methyl/N-ethyl adjacent to an activating group) is 2. The van der Waals surface area contributed by atoms with Crippen LogP contribution in [0.3, 0.4) is 0 Å². The molecule has 0 bridgehead atoms. The highest BCUT2D eigenvalue weighted by Crippen LogP contribution is 2.21. The average molecular weight is 291 g/mol. The van der Waals surface area contributed by atoms with Crippen molar-refractivity contribution in [3.05, 3.63) is 53.4 Å². The van der Waals surface area contributed by atoms with Crippen molar-refractivity contribution in [2.24, 2.45) is 0 Å². The molecule has 0 aliphatic carbocycles. The zero-order valence-electron chi connectivity index (χ0n) is 12.0. The normalized spacial score (nSPS) is 12.4. The summed E-state index contributed by atoms with van der Waals surface area (Å²) in [5.74, 6) is 0.827. The van der Waals surface area contributed by atoms with Crippen LogP contribution >= 0.6 is 11.6 Å². The van der Waals surface area contributed by atoms with Gasteiger partial charge in [-0.25, -0.2) is 9.97 Å². The lowest BCUT2D eigenvalue weighted by Crippen LogP contribution is -2.32. The van der Waals surface area contributed by atoms with Gasteiger partial charge in [0.05, 0.1) is 6.04 Å². The fraction of sp³-hybridized carbons (Fsp3) is 0.333. The molecule has 1 aromatic heterocycles. The lowest BCUT2D eigenvalue weighted by Gasteiger charge is -2.30. The minimum atomic E-state index is 0.274. The van der Waals surface area contributed by atoms with Gasteiger partial charge in [0.1, 0.15) is 5.82 Å². The van der Waals surface area contributed by atoms with Crippen LogP contribution < -0.4 is 4.90 Å². The third-order valence-electron chi connectivity index (χ3n) is 3.26. The Bertz CT molecular complexity index is 545. The summed E-state index contributed by atoms with van der Waals surface area (Å²) < 4.78 is 0. The lowest BCUT2D eigenvalue weighted by atomic mass is 10.1. The topological polar surface area (TPSA) is 32.3 Å². The van der Waals surface area contributed by atoms with Gasteiger partial charge >= 0.3 is 0 Å². The second-order valence-electron chi connectivity index (χ2n) is 4.95. The molecule has 0 saturated carbocycles. The van der Waals surface area contributed by atoms with Crippen molar-refractivity contribution in [2.45, 2.75) is 6.04 Å². The van der Waals surface area contributed by atoms with E-state index < -0.39 is 0 Å². The summed E-state index contributed by atoms with van der Waals surface area (Å²) in [6, 6.07) is 12.6. The average Bonchev–Trinajstić information content (AvgIpc) is 2.45.